The van der Waals surface area contributed by atoms with E-state index in [0.717, 1.165) is 48.0 Å². The van der Waals surface area contributed by atoms with Gasteiger partial charge in [0.2, 0.25) is 0 Å². The minimum absolute atomic E-state index is 0.701. The van der Waals surface area contributed by atoms with Crippen LogP contribution in [0.15, 0.2) is 53.1 Å². The topological polar surface area (TPSA) is 63.1 Å². The van der Waals surface area contributed by atoms with Gasteiger partial charge in [0.25, 0.3) is 0 Å². The molecule has 2 aromatic heterocycles. The van der Waals surface area contributed by atoms with E-state index in [0.29, 0.717) is 6.61 Å². The Kier molecular flexibility index (Phi) is 5.11. The normalized spacial score (nSPS) is 10.8. The van der Waals surface area contributed by atoms with Gasteiger partial charge in [-0.2, -0.15) is 5.10 Å². The Balaban J connectivity index is 1.41. The van der Waals surface area contributed by atoms with E-state index in [4.69, 9.17) is 9.15 Å². The minimum atomic E-state index is 0.701. The number of H-pyrrole nitrogens is 1. The molecule has 0 amide bonds. The predicted octanol–water partition coefficient (Wildman–Crippen LogP) is 3.54. The molecule has 120 valence electrons. The van der Waals surface area contributed by atoms with Crippen LogP contribution in [-0.2, 0) is 6.54 Å². The third kappa shape index (κ3) is 4.23. The molecule has 0 atom stereocenters. The van der Waals surface area contributed by atoms with E-state index in [1.807, 2.05) is 55.6 Å². The molecule has 0 aliphatic heterocycles. The molecule has 0 spiro atoms. The number of aromatic nitrogens is 2. The first-order chi connectivity index (χ1) is 11.3. The Morgan fingerprint density at radius 2 is 2.04 bits per heavy atom. The summed E-state index contributed by atoms with van der Waals surface area (Å²) >= 11 is 0. The van der Waals surface area contributed by atoms with Gasteiger partial charge in [0, 0.05) is 12.1 Å². The number of aromatic amines is 1. The van der Waals surface area contributed by atoms with Gasteiger partial charge in [-0.05, 0) is 44.2 Å². The molecule has 2 N–H and O–H groups in total. The Morgan fingerprint density at radius 3 is 2.83 bits per heavy atom. The molecule has 0 saturated heterocycles. The number of rotatable bonds is 8. The number of ether oxygens (including phenoxy) is 1. The van der Waals surface area contributed by atoms with E-state index in [-0.39, 0.29) is 0 Å². The van der Waals surface area contributed by atoms with Crippen LogP contribution in [0, 0.1) is 6.92 Å². The Labute approximate surface area is 135 Å². The molecule has 3 rings (SSSR count). The minimum Gasteiger partial charge on any atom is -0.494 e. The lowest BCUT2D eigenvalue weighted by molar-refractivity contribution is 0.308. The number of benzene rings is 1. The number of hydrogen-bond donors (Lipinski definition) is 2. The van der Waals surface area contributed by atoms with Crippen molar-refractivity contribution in [3.8, 4) is 17.2 Å². The SMILES string of the molecule is Cc1ccc(-c2[nH]ncc2CNCCCOc2ccccc2)o1. The van der Waals surface area contributed by atoms with Crippen LogP contribution >= 0.6 is 0 Å². The molecule has 3 aromatic rings. The number of nitrogens with one attached hydrogen (secondary N) is 2. The highest BCUT2D eigenvalue weighted by molar-refractivity contribution is 5.56. The van der Waals surface area contributed by atoms with Crippen LogP contribution in [0.2, 0.25) is 0 Å². The van der Waals surface area contributed by atoms with Crippen molar-refractivity contribution >= 4 is 0 Å². The number of nitrogens with zero attached hydrogens (tertiary/aromatic N) is 1. The Bertz CT molecular complexity index is 719. The monoisotopic (exact) mass is 311 g/mol. The number of furan rings is 1. The quantitative estimate of drug-likeness (QED) is 0.625. The first-order valence-electron chi connectivity index (χ1n) is 7.80. The zero-order valence-electron chi connectivity index (χ0n) is 13.2. The predicted molar refractivity (Wildman–Crippen MR) is 89.3 cm³/mol. The summed E-state index contributed by atoms with van der Waals surface area (Å²) in [5.41, 5.74) is 2.04. The van der Waals surface area contributed by atoms with Crippen LogP contribution in [0.4, 0.5) is 0 Å². The summed E-state index contributed by atoms with van der Waals surface area (Å²) in [4.78, 5) is 0. The molecule has 0 aliphatic carbocycles. The van der Waals surface area contributed by atoms with Gasteiger partial charge in [-0.1, -0.05) is 18.2 Å². The number of para-hydroxylation sites is 1. The maximum absolute atomic E-state index is 5.67. The van der Waals surface area contributed by atoms with Gasteiger partial charge in [-0.25, -0.2) is 0 Å². The fraction of sp³-hybridized carbons (Fsp3) is 0.278. The van der Waals surface area contributed by atoms with Crippen LogP contribution in [0.5, 0.6) is 5.75 Å². The van der Waals surface area contributed by atoms with E-state index in [1.165, 1.54) is 0 Å². The molecular weight excluding hydrogens is 290 g/mol. The van der Waals surface area contributed by atoms with Crippen LogP contribution in [0.3, 0.4) is 0 Å². The highest BCUT2D eigenvalue weighted by atomic mass is 16.5. The van der Waals surface area contributed by atoms with Crippen molar-refractivity contribution in [1.29, 1.82) is 0 Å². The van der Waals surface area contributed by atoms with Gasteiger partial charge in [0.05, 0.1) is 12.8 Å². The van der Waals surface area contributed by atoms with Gasteiger partial charge >= 0.3 is 0 Å². The third-order valence-electron chi connectivity index (χ3n) is 3.53. The van der Waals surface area contributed by atoms with Crippen LogP contribution < -0.4 is 10.1 Å². The van der Waals surface area contributed by atoms with Crippen molar-refractivity contribution in [2.75, 3.05) is 13.2 Å². The molecule has 1 aromatic carbocycles. The van der Waals surface area contributed by atoms with E-state index in [9.17, 15) is 0 Å². The molecule has 0 aliphatic rings. The molecule has 0 fully saturated rings. The van der Waals surface area contributed by atoms with Crippen molar-refractivity contribution in [3.63, 3.8) is 0 Å². The summed E-state index contributed by atoms with van der Waals surface area (Å²) in [6, 6.07) is 13.8. The summed E-state index contributed by atoms with van der Waals surface area (Å²) in [6.45, 7) is 4.27. The van der Waals surface area contributed by atoms with Gasteiger partial charge < -0.3 is 14.5 Å². The maximum atomic E-state index is 5.67. The average molecular weight is 311 g/mol. The van der Waals surface area contributed by atoms with Crippen LogP contribution in [-0.4, -0.2) is 23.3 Å². The first kappa shape index (κ1) is 15.4. The molecule has 5 nitrogen and oxygen atoms in total. The summed E-state index contributed by atoms with van der Waals surface area (Å²) < 4.78 is 11.3. The number of hydrogen-bond acceptors (Lipinski definition) is 4. The number of aryl methyl sites for hydroxylation is 1. The highest BCUT2D eigenvalue weighted by Crippen LogP contribution is 2.23. The largest absolute Gasteiger partial charge is 0.494 e. The molecule has 0 saturated carbocycles. The smallest absolute Gasteiger partial charge is 0.152 e. The van der Waals surface area contributed by atoms with E-state index < -0.39 is 0 Å². The van der Waals surface area contributed by atoms with Crippen molar-refractivity contribution in [1.82, 2.24) is 15.5 Å². The zero-order valence-corrected chi connectivity index (χ0v) is 13.2. The first-order valence-corrected chi connectivity index (χ1v) is 7.80. The second-order valence-electron chi connectivity index (χ2n) is 5.37. The summed E-state index contributed by atoms with van der Waals surface area (Å²) in [6.07, 6.45) is 2.78. The van der Waals surface area contributed by atoms with Gasteiger partial charge in [-0.15, -0.1) is 0 Å². The van der Waals surface area contributed by atoms with Crippen LogP contribution in [0.1, 0.15) is 17.7 Å². The molecule has 23 heavy (non-hydrogen) atoms. The molecule has 2 heterocycles. The summed E-state index contributed by atoms with van der Waals surface area (Å²) in [7, 11) is 0. The van der Waals surface area contributed by atoms with Gasteiger partial charge in [0.15, 0.2) is 5.76 Å². The van der Waals surface area contributed by atoms with E-state index in [2.05, 4.69) is 15.5 Å². The average Bonchev–Trinajstić information content (AvgIpc) is 3.20. The molecule has 0 radical (unpaired) electrons. The standard InChI is InChI=1S/C18H21N3O2/c1-14-8-9-17(23-14)18-15(13-20-21-18)12-19-10-5-11-22-16-6-3-2-4-7-16/h2-4,6-9,13,19H,5,10-12H2,1H3,(H,20,21). The lowest BCUT2D eigenvalue weighted by Gasteiger charge is -2.07. The van der Waals surface area contributed by atoms with Crippen molar-refractivity contribution < 1.29 is 9.15 Å². The molecule has 0 bridgehead atoms. The zero-order chi connectivity index (χ0) is 15.9. The van der Waals surface area contributed by atoms with Gasteiger partial charge in [0.1, 0.15) is 17.2 Å². The second kappa shape index (κ2) is 7.65. The fourth-order valence-electron chi connectivity index (χ4n) is 2.35. The van der Waals surface area contributed by atoms with E-state index in [1.54, 1.807) is 0 Å². The Hall–Kier alpha value is -2.53. The van der Waals surface area contributed by atoms with Crippen molar-refractivity contribution in [2.24, 2.45) is 0 Å². The van der Waals surface area contributed by atoms with Crippen LogP contribution in [0.25, 0.3) is 11.5 Å². The third-order valence-corrected chi connectivity index (χ3v) is 3.53. The highest BCUT2D eigenvalue weighted by Gasteiger charge is 2.10. The van der Waals surface area contributed by atoms with Crippen molar-refractivity contribution in [2.45, 2.75) is 19.9 Å². The lowest BCUT2D eigenvalue weighted by atomic mass is 10.2. The molecular formula is C18H21N3O2. The van der Waals surface area contributed by atoms with Gasteiger partial charge in [-0.3, -0.25) is 5.10 Å². The molecule has 5 heteroatoms. The summed E-state index contributed by atoms with van der Waals surface area (Å²) in [5.74, 6) is 2.63. The van der Waals surface area contributed by atoms with E-state index >= 15 is 0 Å². The summed E-state index contributed by atoms with van der Waals surface area (Å²) in [5, 5.41) is 10.5. The fourth-order valence-corrected chi connectivity index (χ4v) is 2.35. The Morgan fingerprint density at radius 1 is 1.17 bits per heavy atom. The second-order valence-corrected chi connectivity index (χ2v) is 5.37. The maximum Gasteiger partial charge on any atom is 0.152 e. The van der Waals surface area contributed by atoms with Crippen molar-refractivity contribution in [3.05, 3.63) is 60.0 Å². The lowest BCUT2D eigenvalue weighted by Crippen LogP contribution is -2.17. The molecule has 0 unspecified atom stereocenters.